The number of likely N-dealkylation sites (N-methyl/N-ethyl adjacent to an activating group) is 1. The van der Waals surface area contributed by atoms with Gasteiger partial charge in [-0.15, -0.1) is 0 Å². The lowest BCUT2D eigenvalue weighted by molar-refractivity contribution is -0.121. The van der Waals surface area contributed by atoms with Gasteiger partial charge in [0.25, 0.3) is 0 Å². The molecule has 150 valence electrons. The molecule has 0 aliphatic carbocycles. The molecule has 6 nitrogen and oxygen atoms in total. The normalized spacial score (nSPS) is 10.6. The Morgan fingerprint density at radius 2 is 1.86 bits per heavy atom. The standard InChI is InChI=1S/C21H26FN3O3/c1-25(2)14-21(27)24-17-6-4-5-16(11-17)13-23-20(26)10-8-15-7-9-19(28-3)18(22)12-15/h4-7,9,11-12H,8,10,13-14H2,1-3H3,(H,23,26)(H,24,27). The number of amides is 2. The fourth-order valence-corrected chi connectivity index (χ4v) is 2.66. The lowest BCUT2D eigenvalue weighted by atomic mass is 10.1. The van der Waals surface area contributed by atoms with E-state index in [-0.39, 0.29) is 24.0 Å². The summed E-state index contributed by atoms with van der Waals surface area (Å²) in [5, 5.41) is 5.66. The van der Waals surface area contributed by atoms with Crippen molar-refractivity contribution in [3.05, 3.63) is 59.4 Å². The van der Waals surface area contributed by atoms with Crippen molar-refractivity contribution in [2.24, 2.45) is 0 Å². The lowest BCUT2D eigenvalue weighted by Gasteiger charge is -2.11. The van der Waals surface area contributed by atoms with Crippen LogP contribution in [0.3, 0.4) is 0 Å². The predicted octanol–water partition coefficient (Wildman–Crippen LogP) is 2.58. The van der Waals surface area contributed by atoms with Crippen molar-refractivity contribution in [3.63, 3.8) is 0 Å². The van der Waals surface area contributed by atoms with Gasteiger partial charge < -0.3 is 20.3 Å². The van der Waals surface area contributed by atoms with Crippen molar-refractivity contribution in [3.8, 4) is 5.75 Å². The zero-order chi connectivity index (χ0) is 20.5. The van der Waals surface area contributed by atoms with Crippen LogP contribution in [0.4, 0.5) is 10.1 Å². The molecule has 7 heteroatoms. The first kappa shape index (κ1) is 21.4. The van der Waals surface area contributed by atoms with Gasteiger partial charge in [0.05, 0.1) is 13.7 Å². The van der Waals surface area contributed by atoms with Crippen molar-refractivity contribution in [1.82, 2.24) is 10.2 Å². The Morgan fingerprint density at radius 3 is 2.54 bits per heavy atom. The van der Waals surface area contributed by atoms with Gasteiger partial charge in [-0.3, -0.25) is 9.59 Å². The molecule has 0 aromatic heterocycles. The van der Waals surface area contributed by atoms with E-state index in [1.54, 1.807) is 23.1 Å². The van der Waals surface area contributed by atoms with E-state index < -0.39 is 5.82 Å². The Morgan fingerprint density at radius 1 is 1.07 bits per heavy atom. The Bertz CT molecular complexity index is 824. The summed E-state index contributed by atoms with van der Waals surface area (Å²) in [6.07, 6.45) is 0.693. The fraction of sp³-hybridized carbons (Fsp3) is 0.333. The van der Waals surface area contributed by atoms with E-state index in [4.69, 9.17) is 4.74 Å². The largest absolute Gasteiger partial charge is 0.494 e. The summed E-state index contributed by atoms with van der Waals surface area (Å²) in [7, 11) is 5.06. The van der Waals surface area contributed by atoms with Gasteiger partial charge in [0.15, 0.2) is 11.6 Å². The molecule has 0 fully saturated rings. The molecule has 0 saturated carbocycles. The third-order valence-electron chi connectivity index (χ3n) is 4.02. The lowest BCUT2D eigenvalue weighted by Crippen LogP contribution is -2.27. The van der Waals surface area contributed by atoms with Crippen molar-refractivity contribution in [1.29, 1.82) is 0 Å². The van der Waals surface area contributed by atoms with Gasteiger partial charge in [-0.05, 0) is 55.9 Å². The van der Waals surface area contributed by atoms with Crippen LogP contribution in [0.1, 0.15) is 17.5 Å². The van der Waals surface area contributed by atoms with Crippen LogP contribution in [0.2, 0.25) is 0 Å². The van der Waals surface area contributed by atoms with Crippen LogP contribution in [0.15, 0.2) is 42.5 Å². The predicted molar refractivity (Wildman–Crippen MR) is 107 cm³/mol. The topological polar surface area (TPSA) is 70.7 Å². The number of hydrogen-bond donors (Lipinski definition) is 2. The maximum absolute atomic E-state index is 13.7. The van der Waals surface area contributed by atoms with E-state index in [0.717, 1.165) is 11.1 Å². The Hall–Kier alpha value is -2.93. The van der Waals surface area contributed by atoms with Crippen LogP contribution in [-0.2, 0) is 22.6 Å². The van der Waals surface area contributed by atoms with Crippen LogP contribution >= 0.6 is 0 Å². The van der Waals surface area contributed by atoms with Gasteiger partial charge in [0, 0.05) is 18.7 Å². The quantitative estimate of drug-likeness (QED) is 0.694. The van der Waals surface area contributed by atoms with Crippen molar-refractivity contribution in [2.75, 3.05) is 33.1 Å². The molecule has 0 saturated heterocycles. The van der Waals surface area contributed by atoms with Gasteiger partial charge in [-0.2, -0.15) is 0 Å². The molecule has 2 amide bonds. The van der Waals surface area contributed by atoms with E-state index in [1.165, 1.54) is 13.2 Å². The van der Waals surface area contributed by atoms with E-state index in [2.05, 4.69) is 10.6 Å². The van der Waals surface area contributed by atoms with Crippen LogP contribution in [0, 0.1) is 5.82 Å². The highest BCUT2D eigenvalue weighted by atomic mass is 19.1. The number of hydrogen-bond acceptors (Lipinski definition) is 4. The summed E-state index contributed by atoms with van der Waals surface area (Å²) in [6, 6.07) is 12.0. The third kappa shape index (κ3) is 7.00. The number of carbonyl (C=O) groups is 2. The molecular weight excluding hydrogens is 361 g/mol. The molecule has 0 bridgehead atoms. The molecule has 0 unspecified atom stereocenters. The van der Waals surface area contributed by atoms with Crippen LogP contribution in [-0.4, -0.2) is 44.5 Å². The molecule has 0 spiro atoms. The highest BCUT2D eigenvalue weighted by molar-refractivity contribution is 5.92. The molecule has 0 atom stereocenters. The summed E-state index contributed by atoms with van der Waals surface area (Å²) in [5.74, 6) is -0.476. The Balaban J connectivity index is 1.81. The summed E-state index contributed by atoms with van der Waals surface area (Å²) >= 11 is 0. The van der Waals surface area contributed by atoms with Gasteiger partial charge in [-0.1, -0.05) is 18.2 Å². The summed E-state index contributed by atoms with van der Waals surface area (Å²) in [5.41, 5.74) is 2.30. The summed E-state index contributed by atoms with van der Waals surface area (Å²) in [6.45, 7) is 0.653. The zero-order valence-electron chi connectivity index (χ0n) is 16.4. The molecule has 0 aliphatic rings. The van der Waals surface area contributed by atoms with E-state index >= 15 is 0 Å². The second-order valence-corrected chi connectivity index (χ2v) is 6.73. The summed E-state index contributed by atoms with van der Waals surface area (Å²) in [4.78, 5) is 25.7. The second-order valence-electron chi connectivity index (χ2n) is 6.73. The maximum atomic E-state index is 13.7. The number of halogens is 1. The average Bonchev–Trinajstić information content (AvgIpc) is 2.64. The minimum atomic E-state index is -0.437. The first-order chi connectivity index (χ1) is 13.4. The van der Waals surface area contributed by atoms with Crippen molar-refractivity contribution in [2.45, 2.75) is 19.4 Å². The molecule has 0 radical (unpaired) electrons. The van der Waals surface area contributed by atoms with Gasteiger partial charge >= 0.3 is 0 Å². The molecule has 0 aliphatic heterocycles. The molecular formula is C21H26FN3O3. The highest BCUT2D eigenvalue weighted by Gasteiger charge is 2.08. The monoisotopic (exact) mass is 387 g/mol. The Labute approximate surface area is 164 Å². The van der Waals surface area contributed by atoms with E-state index in [9.17, 15) is 14.0 Å². The van der Waals surface area contributed by atoms with E-state index in [1.807, 2.05) is 32.3 Å². The number of rotatable bonds is 9. The molecule has 28 heavy (non-hydrogen) atoms. The zero-order valence-corrected chi connectivity index (χ0v) is 16.4. The fourth-order valence-electron chi connectivity index (χ4n) is 2.66. The average molecular weight is 387 g/mol. The number of carbonyl (C=O) groups excluding carboxylic acids is 2. The Kier molecular flexibility index (Phi) is 7.95. The molecule has 0 heterocycles. The van der Waals surface area contributed by atoms with E-state index in [0.29, 0.717) is 25.2 Å². The van der Waals surface area contributed by atoms with Crippen LogP contribution < -0.4 is 15.4 Å². The second kappa shape index (κ2) is 10.4. The number of nitrogens with zero attached hydrogens (tertiary/aromatic N) is 1. The number of ether oxygens (including phenoxy) is 1. The molecule has 2 aromatic carbocycles. The summed E-state index contributed by atoms with van der Waals surface area (Å²) < 4.78 is 18.6. The number of methoxy groups -OCH3 is 1. The number of nitrogens with one attached hydrogen (secondary N) is 2. The highest BCUT2D eigenvalue weighted by Crippen LogP contribution is 2.18. The molecule has 2 N–H and O–H groups in total. The number of anilines is 1. The first-order valence-electron chi connectivity index (χ1n) is 9.00. The maximum Gasteiger partial charge on any atom is 0.238 e. The minimum Gasteiger partial charge on any atom is -0.494 e. The van der Waals surface area contributed by atoms with Gasteiger partial charge in [-0.25, -0.2) is 4.39 Å². The smallest absolute Gasteiger partial charge is 0.238 e. The number of aryl methyl sites for hydroxylation is 1. The molecule has 2 aromatic rings. The third-order valence-corrected chi connectivity index (χ3v) is 4.02. The first-order valence-corrected chi connectivity index (χ1v) is 9.00. The van der Waals surface area contributed by atoms with Gasteiger partial charge in [0.2, 0.25) is 11.8 Å². The minimum absolute atomic E-state index is 0.0992. The van der Waals surface area contributed by atoms with Crippen LogP contribution in [0.25, 0.3) is 0 Å². The van der Waals surface area contributed by atoms with Crippen molar-refractivity contribution < 1.29 is 18.7 Å². The van der Waals surface area contributed by atoms with Gasteiger partial charge in [0.1, 0.15) is 0 Å². The SMILES string of the molecule is COc1ccc(CCC(=O)NCc2cccc(NC(=O)CN(C)C)c2)cc1F. The van der Waals surface area contributed by atoms with Crippen LogP contribution in [0.5, 0.6) is 5.75 Å². The number of benzene rings is 2. The van der Waals surface area contributed by atoms with Crippen molar-refractivity contribution >= 4 is 17.5 Å². The molecule has 2 rings (SSSR count).